The summed E-state index contributed by atoms with van der Waals surface area (Å²) in [5.41, 5.74) is 2.25. The third-order valence-corrected chi connectivity index (χ3v) is 4.00. The molecule has 5 nitrogen and oxygen atoms in total. The Morgan fingerprint density at radius 1 is 1.50 bits per heavy atom. The molecule has 0 aliphatic carbocycles. The molecule has 2 rings (SSSR count). The van der Waals surface area contributed by atoms with Gasteiger partial charge < -0.3 is 0 Å². The van der Waals surface area contributed by atoms with Gasteiger partial charge in [0.25, 0.3) is 5.91 Å². The van der Waals surface area contributed by atoms with Crippen LogP contribution in [0.2, 0.25) is 0 Å². The number of nitrogens with two attached hydrogens (primary N) is 1. The van der Waals surface area contributed by atoms with Gasteiger partial charge in [-0.2, -0.15) is 0 Å². The fraction of sp³-hybridized carbons (Fsp3) is 0.909. The number of nitrogens with one attached hydrogen (secondary N) is 1. The molecule has 0 aromatic heterocycles. The lowest BCUT2D eigenvalue weighted by atomic mass is 10.1. The van der Waals surface area contributed by atoms with Crippen LogP contribution < -0.4 is 11.3 Å². The third kappa shape index (κ3) is 2.07. The summed E-state index contributed by atoms with van der Waals surface area (Å²) >= 11 is 0. The smallest absolute Gasteiger partial charge is 0.250 e. The van der Waals surface area contributed by atoms with Gasteiger partial charge in [0.1, 0.15) is 0 Å². The van der Waals surface area contributed by atoms with Gasteiger partial charge in [-0.05, 0) is 33.2 Å². The summed E-state index contributed by atoms with van der Waals surface area (Å²) in [6.45, 7) is 7.42. The first-order valence-corrected chi connectivity index (χ1v) is 6.13. The Balaban J connectivity index is 2.01. The first-order valence-electron chi connectivity index (χ1n) is 6.13. The van der Waals surface area contributed by atoms with Crippen LogP contribution in [0.15, 0.2) is 0 Å². The largest absolute Gasteiger partial charge is 0.298 e. The van der Waals surface area contributed by atoms with E-state index in [2.05, 4.69) is 22.1 Å². The molecule has 0 saturated carbocycles. The number of fused-ring (bicyclic) bond motifs is 1. The zero-order chi connectivity index (χ0) is 11.7. The molecule has 0 aromatic carbocycles. The molecule has 2 heterocycles. The van der Waals surface area contributed by atoms with Crippen molar-refractivity contribution >= 4 is 5.91 Å². The van der Waals surface area contributed by atoms with Crippen LogP contribution in [-0.2, 0) is 4.79 Å². The Hall–Kier alpha value is -0.650. The molecule has 2 aliphatic rings. The number of rotatable bonds is 2. The number of amides is 1. The Morgan fingerprint density at radius 3 is 2.94 bits per heavy atom. The molecule has 0 aromatic rings. The SMILES string of the molecule is CC1CN2CCCC2CN1C(C)C(=O)NN. The average molecular weight is 226 g/mol. The van der Waals surface area contributed by atoms with Crippen molar-refractivity contribution in [2.45, 2.75) is 44.8 Å². The summed E-state index contributed by atoms with van der Waals surface area (Å²) in [7, 11) is 0. The molecule has 3 atom stereocenters. The molecule has 0 bridgehead atoms. The lowest BCUT2D eigenvalue weighted by Gasteiger charge is -2.44. The van der Waals surface area contributed by atoms with Gasteiger partial charge in [-0.25, -0.2) is 5.84 Å². The number of nitrogens with zero attached hydrogens (tertiary/aromatic N) is 2. The van der Waals surface area contributed by atoms with Crippen LogP contribution in [0.25, 0.3) is 0 Å². The van der Waals surface area contributed by atoms with Crippen molar-refractivity contribution in [3.63, 3.8) is 0 Å². The molecule has 92 valence electrons. The predicted octanol–water partition coefficient (Wildman–Crippen LogP) is -0.467. The van der Waals surface area contributed by atoms with Crippen molar-refractivity contribution in [1.82, 2.24) is 15.2 Å². The summed E-state index contributed by atoms with van der Waals surface area (Å²) in [5.74, 6) is 5.11. The van der Waals surface area contributed by atoms with Crippen LogP contribution in [0.5, 0.6) is 0 Å². The van der Waals surface area contributed by atoms with Gasteiger partial charge in [0.15, 0.2) is 0 Å². The van der Waals surface area contributed by atoms with Crippen LogP contribution in [-0.4, -0.2) is 53.5 Å². The van der Waals surface area contributed by atoms with E-state index in [-0.39, 0.29) is 11.9 Å². The maximum absolute atomic E-state index is 11.6. The minimum Gasteiger partial charge on any atom is -0.298 e. The highest BCUT2D eigenvalue weighted by molar-refractivity contribution is 5.80. The van der Waals surface area contributed by atoms with Crippen molar-refractivity contribution in [3.8, 4) is 0 Å². The number of piperazine rings is 1. The average Bonchev–Trinajstić information content (AvgIpc) is 2.72. The molecule has 2 fully saturated rings. The van der Waals surface area contributed by atoms with Crippen molar-refractivity contribution < 1.29 is 4.79 Å². The first-order chi connectivity index (χ1) is 7.63. The van der Waals surface area contributed by atoms with Crippen LogP contribution >= 0.6 is 0 Å². The van der Waals surface area contributed by atoms with Crippen molar-refractivity contribution in [2.75, 3.05) is 19.6 Å². The molecular formula is C11H22N4O. The maximum Gasteiger partial charge on any atom is 0.250 e. The van der Waals surface area contributed by atoms with E-state index < -0.39 is 0 Å². The van der Waals surface area contributed by atoms with Gasteiger partial charge in [-0.15, -0.1) is 0 Å². The molecule has 5 heteroatoms. The van der Waals surface area contributed by atoms with E-state index in [9.17, 15) is 4.79 Å². The summed E-state index contributed by atoms with van der Waals surface area (Å²) < 4.78 is 0. The number of hydrazine groups is 1. The second-order valence-electron chi connectivity index (χ2n) is 5.02. The maximum atomic E-state index is 11.6. The normalized spacial score (nSPS) is 33.4. The number of hydrogen-bond acceptors (Lipinski definition) is 4. The summed E-state index contributed by atoms with van der Waals surface area (Å²) in [6, 6.07) is 0.952. The van der Waals surface area contributed by atoms with Gasteiger partial charge >= 0.3 is 0 Å². The third-order valence-electron chi connectivity index (χ3n) is 4.00. The highest BCUT2D eigenvalue weighted by Crippen LogP contribution is 2.25. The lowest BCUT2D eigenvalue weighted by molar-refractivity contribution is -0.128. The molecule has 2 aliphatic heterocycles. The quantitative estimate of drug-likeness (QED) is 0.380. The van der Waals surface area contributed by atoms with Gasteiger partial charge in [-0.3, -0.25) is 20.0 Å². The van der Waals surface area contributed by atoms with E-state index in [1.54, 1.807) is 0 Å². The highest BCUT2D eigenvalue weighted by atomic mass is 16.2. The van der Waals surface area contributed by atoms with Gasteiger partial charge in [0.05, 0.1) is 6.04 Å². The van der Waals surface area contributed by atoms with Crippen LogP contribution in [0.3, 0.4) is 0 Å². The molecular weight excluding hydrogens is 204 g/mol. The standard InChI is InChI=1S/C11H22N4O/c1-8-6-14-5-3-4-10(14)7-15(8)9(2)11(16)13-12/h8-10H,3-7,12H2,1-2H3,(H,13,16). The Kier molecular flexibility index (Phi) is 3.47. The monoisotopic (exact) mass is 226 g/mol. The second kappa shape index (κ2) is 4.69. The van der Waals surface area contributed by atoms with Crippen molar-refractivity contribution in [3.05, 3.63) is 0 Å². The minimum atomic E-state index is -0.122. The number of carbonyl (C=O) groups is 1. The Bertz CT molecular complexity index is 271. The fourth-order valence-corrected chi connectivity index (χ4v) is 3.02. The topological polar surface area (TPSA) is 61.6 Å². The molecule has 3 unspecified atom stereocenters. The summed E-state index contributed by atoms with van der Waals surface area (Å²) in [6.07, 6.45) is 2.56. The zero-order valence-electron chi connectivity index (χ0n) is 10.1. The molecule has 3 N–H and O–H groups in total. The van der Waals surface area contributed by atoms with E-state index in [1.165, 1.54) is 19.4 Å². The highest BCUT2D eigenvalue weighted by Gasteiger charge is 2.37. The van der Waals surface area contributed by atoms with E-state index >= 15 is 0 Å². The van der Waals surface area contributed by atoms with Crippen LogP contribution in [0, 0.1) is 0 Å². The predicted molar refractivity (Wildman–Crippen MR) is 62.6 cm³/mol. The van der Waals surface area contributed by atoms with Gasteiger partial charge in [0, 0.05) is 25.2 Å². The van der Waals surface area contributed by atoms with Gasteiger partial charge in [-0.1, -0.05) is 0 Å². The van der Waals surface area contributed by atoms with Crippen molar-refractivity contribution in [1.29, 1.82) is 0 Å². The minimum absolute atomic E-state index is 0.0849. The van der Waals surface area contributed by atoms with E-state index in [0.29, 0.717) is 12.1 Å². The summed E-state index contributed by atoms with van der Waals surface area (Å²) in [4.78, 5) is 16.4. The van der Waals surface area contributed by atoms with E-state index in [4.69, 9.17) is 5.84 Å². The number of hydrogen-bond donors (Lipinski definition) is 2. The summed E-state index contributed by atoms with van der Waals surface area (Å²) in [5, 5.41) is 0. The molecule has 2 saturated heterocycles. The fourth-order valence-electron chi connectivity index (χ4n) is 3.02. The first kappa shape index (κ1) is 11.8. The van der Waals surface area contributed by atoms with Crippen LogP contribution in [0.1, 0.15) is 26.7 Å². The Morgan fingerprint density at radius 2 is 2.25 bits per heavy atom. The van der Waals surface area contributed by atoms with E-state index in [1.807, 2.05) is 6.92 Å². The van der Waals surface area contributed by atoms with Crippen molar-refractivity contribution in [2.24, 2.45) is 5.84 Å². The number of carbonyl (C=O) groups excluding carboxylic acids is 1. The molecule has 16 heavy (non-hydrogen) atoms. The lowest BCUT2D eigenvalue weighted by Crippen LogP contribution is -2.60. The zero-order valence-corrected chi connectivity index (χ0v) is 10.1. The molecule has 0 radical (unpaired) electrons. The van der Waals surface area contributed by atoms with E-state index in [0.717, 1.165) is 13.1 Å². The molecule has 1 amide bonds. The van der Waals surface area contributed by atoms with Crippen LogP contribution in [0.4, 0.5) is 0 Å². The molecule has 0 spiro atoms. The second-order valence-corrected chi connectivity index (χ2v) is 5.02. The Labute approximate surface area is 96.9 Å². The van der Waals surface area contributed by atoms with Gasteiger partial charge in [0.2, 0.25) is 0 Å².